The molecule has 4 aliphatic rings. The third-order valence-corrected chi connectivity index (χ3v) is 8.20. The highest BCUT2D eigenvalue weighted by molar-refractivity contribution is 7.87. The summed E-state index contributed by atoms with van der Waals surface area (Å²) in [6.07, 6.45) is -5.28. The van der Waals surface area contributed by atoms with Crippen molar-refractivity contribution in [2.75, 3.05) is 13.2 Å². The van der Waals surface area contributed by atoms with Gasteiger partial charge in [-0.05, 0) is 62.7 Å². The van der Waals surface area contributed by atoms with Crippen LogP contribution >= 0.6 is 0 Å². The number of ether oxygens (including phenoxy) is 3. The van der Waals surface area contributed by atoms with Crippen molar-refractivity contribution < 1.29 is 67.5 Å². The molecule has 0 aromatic carbocycles. The van der Waals surface area contributed by atoms with E-state index in [4.69, 9.17) is 4.55 Å². The van der Waals surface area contributed by atoms with Crippen molar-refractivity contribution in [2.24, 2.45) is 23.2 Å². The fourth-order valence-corrected chi connectivity index (χ4v) is 6.41. The van der Waals surface area contributed by atoms with E-state index < -0.39 is 70.2 Å². The summed E-state index contributed by atoms with van der Waals surface area (Å²) in [5.41, 5.74) is -1.36. The summed E-state index contributed by atoms with van der Waals surface area (Å²) in [5.74, 6) is -13.7. The maximum absolute atomic E-state index is 14.3. The van der Waals surface area contributed by atoms with Crippen molar-refractivity contribution in [1.82, 2.24) is 0 Å². The lowest BCUT2D eigenvalue weighted by Gasteiger charge is -2.55. The molecule has 4 saturated carbocycles. The highest BCUT2D eigenvalue weighted by Gasteiger charge is 2.71. The number of halogens is 7. The zero-order chi connectivity index (χ0) is 28.1. The lowest BCUT2D eigenvalue weighted by atomic mass is 9.49. The summed E-state index contributed by atoms with van der Waals surface area (Å²) >= 11 is 0. The third kappa shape index (κ3) is 5.42. The average Bonchev–Trinajstić information content (AvgIpc) is 2.73. The van der Waals surface area contributed by atoms with Crippen LogP contribution in [-0.4, -0.2) is 61.3 Å². The predicted octanol–water partition coefficient (Wildman–Crippen LogP) is 4.48. The third-order valence-electron chi connectivity index (χ3n) is 7.26. The molecule has 0 radical (unpaired) electrons. The molecule has 1 N–H and O–H groups in total. The predicted molar refractivity (Wildman–Crippen MR) is 109 cm³/mol. The van der Waals surface area contributed by atoms with Crippen LogP contribution in [0.1, 0.15) is 58.3 Å². The Balaban J connectivity index is 1.89. The Kier molecular flexibility index (Phi) is 7.92. The van der Waals surface area contributed by atoms with Crippen molar-refractivity contribution in [1.29, 1.82) is 0 Å². The van der Waals surface area contributed by atoms with Gasteiger partial charge in [-0.3, -0.25) is 9.35 Å². The molecule has 1 unspecified atom stereocenters. The second kappa shape index (κ2) is 9.81. The van der Waals surface area contributed by atoms with Gasteiger partial charge in [-0.25, -0.2) is 4.79 Å². The van der Waals surface area contributed by atoms with E-state index in [1.54, 1.807) is 0 Å². The van der Waals surface area contributed by atoms with Gasteiger partial charge in [-0.15, -0.1) is 0 Å². The minimum atomic E-state index is -6.67. The lowest BCUT2D eigenvalue weighted by molar-refractivity contribution is -0.361. The van der Waals surface area contributed by atoms with E-state index >= 15 is 0 Å². The maximum atomic E-state index is 14.3. The molecule has 4 bridgehead atoms. The molecule has 16 heteroatoms. The van der Waals surface area contributed by atoms with Crippen LogP contribution in [0.15, 0.2) is 0 Å². The molecule has 4 fully saturated rings. The van der Waals surface area contributed by atoms with E-state index in [0.717, 1.165) is 19.3 Å². The Morgan fingerprint density at radius 2 is 1.41 bits per heavy atom. The van der Waals surface area contributed by atoms with Gasteiger partial charge in [-0.1, -0.05) is 6.92 Å². The first-order chi connectivity index (χ1) is 16.8. The van der Waals surface area contributed by atoms with Crippen LogP contribution in [-0.2, 0) is 33.9 Å². The highest BCUT2D eigenvalue weighted by atomic mass is 32.2. The largest absolute Gasteiger partial charge is 0.468 e. The number of carbonyl (C=O) groups excluding carboxylic acids is 2. The van der Waals surface area contributed by atoms with Crippen molar-refractivity contribution in [3.63, 3.8) is 0 Å². The van der Waals surface area contributed by atoms with Crippen LogP contribution in [0.2, 0.25) is 0 Å². The lowest BCUT2D eigenvalue weighted by Crippen LogP contribution is -2.61. The van der Waals surface area contributed by atoms with Crippen molar-refractivity contribution >= 4 is 22.1 Å². The monoisotopic (exact) mass is 572 g/mol. The number of rotatable bonds is 11. The van der Waals surface area contributed by atoms with Crippen LogP contribution < -0.4 is 0 Å². The second-order valence-electron chi connectivity index (χ2n) is 10.1. The first-order valence-corrected chi connectivity index (χ1v) is 13.1. The topological polar surface area (TPSA) is 116 Å². The number of hydrogen-bond acceptors (Lipinski definition) is 7. The number of carbonyl (C=O) groups is 2. The van der Waals surface area contributed by atoms with E-state index in [0.29, 0.717) is 0 Å². The molecule has 37 heavy (non-hydrogen) atoms. The number of esters is 2. The van der Waals surface area contributed by atoms with E-state index in [1.165, 1.54) is 6.92 Å². The molecule has 4 rings (SSSR count). The molecule has 0 heterocycles. The molecule has 0 aromatic heterocycles. The molecular weight excluding hydrogens is 545 g/mol. The smallest absolute Gasteiger partial charge is 0.461 e. The summed E-state index contributed by atoms with van der Waals surface area (Å²) in [7, 11) is -6.67. The summed E-state index contributed by atoms with van der Waals surface area (Å²) < 4.78 is 141. The Labute approximate surface area is 207 Å². The van der Waals surface area contributed by atoms with Crippen LogP contribution in [0.25, 0.3) is 0 Å². The zero-order valence-corrected chi connectivity index (χ0v) is 20.5. The maximum Gasteiger partial charge on any atom is 0.468 e. The minimum absolute atomic E-state index is 0.0151. The van der Waals surface area contributed by atoms with Gasteiger partial charge in [0.2, 0.25) is 0 Å². The normalized spacial score (nSPS) is 29.6. The van der Waals surface area contributed by atoms with Gasteiger partial charge in [0.1, 0.15) is 0 Å². The van der Waals surface area contributed by atoms with Gasteiger partial charge in [0.05, 0.1) is 18.6 Å². The molecule has 1 atom stereocenters. The van der Waals surface area contributed by atoms with Crippen LogP contribution in [0.4, 0.5) is 30.7 Å². The van der Waals surface area contributed by atoms with Gasteiger partial charge in [-0.2, -0.15) is 39.2 Å². The molecule has 0 spiro atoms. The Morgan fingerprint density at radius 3 is 1.81 bits per heavy atom. The highest BCUT2D eigenvalue weighted by Crippen LogP contribution is 2.61. The van der Waals surface area contributed by atoms with E-state index in [1.807, 2.05) is 0 Å². The molecule has 8 nitrogen and oxygen atoms in total. The molecule has 214 valence electrons. The molecule has 0 saturated heterocycles. The fourth-order valence-electron chi connectivity index (χ4n) is 5.93. The summed E-state index contributed by atoms with van der Waals surface area (Å²) in [6.45, 7) is -1.21. The summed E-state index contributed by atoms with van der Waals surface area (Å²) in [6, 6.07) is 0. The summed E-state index contributed by atoms with van der Waals surface area (Å²) in [5, 5.41) is -6.08. The first-order valence-electron chi connectivity index (χ1n) is 11.6. The zero-order valence-electron chi connectivity index (χ0n) is 19.7. The molecular formula is C21H27F7O8S. The molecule has 0 aromatic rings. The van der Waals surface area contributed by atoms with E-state index in [-0.39, 0.29) is 43.4 Å². The van der Waals surface area contributed by atoms with Gasteiger partial charge in [0, 0.05) is 6.42 Å². The quantitative estimate of drug-likeness (QED) is 0.167. The van der Waals surface area contributed by atoms with Crippen molar-refractivity contribution in [3.05, 3.63) is 0 Å². The Morgan fingerprint density at radius 1 is 0.919 bits per heavy atom. The van der Waals surface area contributed by atoms with E-state index in [9.17, 15) is 48.7 Å². The van der Waals surface area contributed by atoms with Crippen LogP contribution in [0, 0.1) is 23.2 Å². The standard InChI is InChI=1S/C21H27F7O8S/c1-2-4-34-16(30)19(20(24,25)26,35-5-3-18(22,23)21(27,28)37(31,32)33)36-15(29)17-9-12-6-13(10-17)8-14(7-12)11-17/h12-14H,2-11H2,1H3,(H,31,32,33). The fraction of sp³-hybridized carbons (Fsp3) is 0.905. The van der Waals surface area contributed by atoms with Gasteiger partial charge < -0.3 is 14.2 Å². The summed E-state index contributed by atoms with van der Waals surface area (Å²) in [4.78, 5) is 25.7. The van der Waals surface area contributed by atoms with Gasteiger partial charge >= 0.3 is 45.2 Å². The first kappa shape index (κ1) is 29.9. The van der Waals surface area contributed by atoms with E-state index in [2.05, 4.69) is 14.2 Å². The second-order valence-corrected chi connectivity index (χ2v) is 11.6. The van der Waals surface area contributed by atoms with Crippen LogP contribution in [0.5, 0.6) is 0 Å². The molecule has 0 aliphatic heterocycles. The Hall–Kier alpha value is -1.68. The van der Waals surface area contributed by atoms with Gasteiger partial charge in [0.25, 0.3) is 0 Å². The average molecular weight is 572 g/mol. The van der Waals surface area contributed by atoms with Crippen molar-refractivity contribution in [3.8, 4) is 0 Å². The number of hydrogen-bond donors (Lipinski definition) is 1. The van der Waals surface area contributed by atoms with Crippen LogP contribution in [0.3, 0.4) is 0 Å². The molecule has 4 aliphatic carbocycles. The SMILES string of the molecule is CCCOC(=O)C(OCCC(F)(F)C(F)(F)S(=O)(=O)O)(OC(=O)C12CC3CC(CC(C3)C1)C2)C(F)(F)F. The van der Waals surface area contributed by atoms with Gasteiger partial charge in [0.15, 0.2) is 0 Å². The van der Waals surface area contributed by atoms with Crippen molar-refractivity contribution in [2.45, 2.75) is 81.4 Å². The number of alkyl halides is 7. The molecule has 0 amide bonds. The Bertz CT molecular complexity index is 962. The minimum Gasteiger partial charge on any atom is -0.461 e.